The molecule has 0 amide bonds. The molecule has 160 valence electrons. The standard InChI is InChI=1S/C18H26N4O6S/c1-29-15-9-21(11-17(25)26)6-5-20(10-16(23)24)7-13-3-2-4-14(19-13)8-22(15)12-18(27)28/h2-4,15H,5-12H2,1H3,(H,23,24)(H,25,26)(H,27,28). The van der Waals surface area contributed by atoms with E-state index in [2.05, 4.69) is 4.98 Å². The predicted molar refractivity (Wildman–Crippen MR) is 107 cm³/mol. The molecule has 1 aliphatic heterocycles. The monoisotopic (exact) mass is 426 g/mol. The van der Waals surface area contributed by atoms with E-state index in [1.807, 2.05) is 12.3 Å². The number of carboxylic acid groups (broad SMARTS) is 3. The quantitative estimate of drug-likeness (QED) is 0.541. The van der Waals surface area contributed by atoms with Crippen molar-refractivity contribution in [1.29, 1.82) is 0 Å². The third kappa shape index (κ3) is 7.97. The van der Waals surface area contributed by atoms with Crippen molar-refractivity contribution in [2.45, 2.75) is 18.5 Å². The molecule has 0 aromatic carbocycles. The lowest BCUT2D eigenvalue weighted by Crippen LogP contribution is -2.48. The number of aliphatic carboxylic acids is 3. The molecule has 29 heavy (non-hydrogen) atoms. The van der Waals surface area contributed by atoms with Crippen LogP contribution in [0.2, 0.25) is 0 Å². The van der Waals surface area contributed by atoms with E-state index < -0.39 is 17.9 Å². The third-order valence-electron chi connectivity index (χ3n) is 4.50. The molecule has 1 aliphatic rings. The molecule has 0 spiro atoms. The second kappa shape index (κ2) is 11.1. The summed E-state index contributed by atoms with van der Waals surface area (Å²) in [5, 5.41) is 27.5. The Bertz CT molecular complexity index is 734. The van der Waals surface area contributed by atoms with Crippen molar-refractivity contribution in [3.8, 4) is 0 Å². The normalized spacial score (nSPS) is 19.8. The molecular weight excluding hydrogens is 400 g/mol. The first-order chi connectivity index (χ1) is 13.8. The fraction of sp³-hybridized carbons (Fsp3) is 0.556. The zero-order valence-corrected chi connectivity index (χ0v) is 17.0. The summed E-state index contributed by atoms with van der Waals surface area (Å²) in [4.78, 5) is 43.7. The number of rotatable bonds is 7. The van der Waals surface area contributed by atoms with E-state index in [1.165, 1.54) is 11.8 Å². The highest BCUT2D eigenvalue weighted by molar-refractivity contribution is 7.99. The van der Waals surface area contributed by atoms with Gasteiger partial charge < -0.3 is 15.3 Å². The van der Waals surface area contributed by atoms with Crippen molar-refractivity contribution in [2.24, 2.45) is 0 Å². The Labute approximate surface area is 173 Å². The fourth-order valence-corrected chi connectivity index (χ4v) is 4.06. The zero-order chi connectivity index (χ0) is 21.4. The van der Waals surface area contributed by atoms with Crippen LogP contribution in [0.1, 0.15) is 11.4 Å². The van der Waals surface area contributed by atoms with Crippen LogP contribution in [0.4, 0.5) is 0 Å². The van der Waals surface area contributed by atoms with Gasteiger partial charge in [0, 0.05) is 32.7 Å². The van der Waals surface area contributed by atoms with E-state index in [1.54, 1.807) is 26.8 Å². The molecule has 0 radical (unpaired) electrons. The fourth-order valence-electron chi connectivity index (χ4n) is 3.25. The number of carbonyl (C=O) groups is 3. The second-order valence-electron chi connectivity index (χ2n) is 6.84. The lowest BCUT2D eigenvalue weighted by molar-refractivity contribution is -0.140. The molecule has 0 fully saturated rings. The van der Waals surface area contributed by atoms with E-state index in [-0.39, 0.29) is 25.0 Å². The van der Waals surface area contributed by atoms with Crippen molar-refractivity contribution in [3.05, 3.63) is 29.6 Å². The Hall–Kier alpha value is -2.21. The van der Waals surface area contributed by atoms with Crippen molar-refractivity contribution >= 4 is 29.7 Å². The number of aromatic nitrogens is 1. The average Bonchev–Trinajstić information content (AvgIpc) is 2.61. The summed E-state index contributed by atoms with van der Waals surface area (Å²) in [5.41, 5.74) is 1.37. The van der Waals surface area contributed by atoms with Gasteiger partial charge in [0.1, 0.15) is 0 Å². The van der Waals surface area contributed by atoms with Gasteiger partial charge in [0.05, 0.1) is 36.4 Å². The Morgan fingerprint density at radius 1 is 0.966 bits per heavy atom. The second-order valence-corrected chi connectivity index (χ2v) is 7.86. The molecule has 3 N–H and O–H groups in total. The summed E-state index contributed by atoms with van der Waals surface area (Å²) in [5.74, 6) is -2.92. The van der Waals surface area contributed by atoms with E-state index >= 15 is 0 Å². The first-order valence-electron chi connectivity index (χ1n) is 9.08. The van der Waals surface area contributed by atoms with Crippen LogP contribution in [0.15, 0.2) is 18.2 Å². The maximum Gasteiger partial charge on any atom is 0.317 e. The van der Waals surface area contributed by atoms with Crippen molar-refractivity contribution in [3.63, 3.8) is 0 Å². The number of carboxylic acids is 3. The molecular formula is C18H26N4O6S. The summed E-state index contributed by atoms with van der Waals surface area (Å²) >= 11 is 1.45. The van der Waals surface area contributed by atoms with Gasteiger partial charge >= 0.3 is 17.9 Å². The molecule has 2 heterocycles. The zero-order valence-electron chi connectivity index (χ0n) is 16.2. The summed E-state index contributed by atoms with van der Waals surface area (Å²) in [6.45, 7) is 1.07. The van der Waals surface area contributed by atoms with Crippen molar-refractivity contribution in [1.82, 2.24) is 19.7 Å². The maximum absolute atomic E-state index is 11.4. The van der Waals surface area contributed by atoms with Crippen LogP contribution in [0, 0.1) is 0 Å². The van der Waals surface area contributed by atoms with E-state index in [9.17, 15) is 29.7 Å². The number of hydrogen-bond acceptors (Lipinski definition) is 8. The molecule has 10 nitrogen and oxygen atoms in total. The van der Waals surface area contributed by atoms with Gasteiger partial charge in [0.15, 0.2) is 0 Å². The molecule has 0 aliphatic carbocycles. The molecule has 0 saturated carbocycles. The largest absolute Gasteiger partial charge is 0.480 e. The van der Waals surface area contributed by atoms with Gasteiger partial charge in [-0.1, -0.05) is 6.07 Å². The van der Waals surface area contributed by atoms with Crippen molar-refractivity contribution in [2.75, 3.05) is 45.5 Å². The summed E-state index contributed by atoms with van der Waals surface area (Å²) < 4.78 is 0. The van der Waals surface area contributed by atoms with E-state index in [0.29, 0.717) is 44.1 Å². The van der Waals surface area contributed by atoms with Crippen LogP contribution in [0.3, 0.4) is 0 Å². The van der Waals surface area contributed by atoms with Gasteiger partial charge in [0.25, 0.3) is 0 Å². The molecule has 1 aromatic rings. The molecule has 0 saturated heterocycles. The lowest BCUT2D eigenvalue weighted by atomic mass is 10.2. The first-order valence-corrected chi connectivity index (χ1v) is 10.4. The predicted octanol–water partition coefficient (Wildman–Crippen LogP) is -0.0559. The highest BCUT2D eigenvalue weighted by Gasteiger charge is 2.26. The molecule has 1 unspecified atom stereocenters. The van der Waals surface area contributed by atoms with Crippen LogP contribution in [-0.4, -0.2) is 104 Å². The number of hydrogen-bond donors (Lipinski definition) is 3. The van der Waals surface area contributed by atoms with Gasteiger partial charge in [-0.25, -0.2) is 0 Å². The Balaban J connectivity index is 2.36. The Morgan fingerprint density at radius 3 is 2.10 bits per heavy atom. The number of thioether (sulfide) groups is 1. The summed E-state index contributed by atoms with van der Waals surface area (Å²) in [6, 6.07) is 5.43. The molecule has 1 atom stereocenters. The minimum Gasteiger partial charge on any atom is -0.480 e. The topological polar surface area (TPSA) is 135 Å². The van der Waals surface area contributed by atoms with Gasteiger partial charge in [0.2, 0.25) is 0 Å². The Kier molecular flexibility index (Phi) is 8.83. The van der Waals surface area contributed by atoms with Crippen LogP contribution < -0.4 is 0 Å². The highest BCUT2D eigenvalue weighted by atomic mass is 32.2. The molecule has 2 bridgehead atoms. The molecule has 1 aromatic heterocycles. The van der Waals surface area contributed by atoms with Crippen molar-refractivity contribution < 1.29 is 29.7 Å². The summed E-state index contributed by atoms with van der Waals surface area (Å²) in [6.07, 6.45) is 1.85. The van der Waals surface area contributed by atoms with Crippen LogP contribution in [0.5, 0.6) is 0 Å². The molecule has 11 heteroatoms. The summed E-state index contributed by atoms with van der Waals surface area (Å²) in [7, 11) is 0. The smallest absolute Gasteiger partial charge is 0.317 e. The van der Waals surface area contributed by atoms with Crippen LogP contribution >= 0.6 is 11.8 Å². The number of pyridine rings is 1. The highest BCUT2D eigenvalue weighted by Crippen LogP contribution is 2.18. The minimum atomic E-state index is -0.988. The molecule has 2 rings (SSSR count). The first kappa shape index (κ1) is 23.1. The average molecular weight is 426 g/mol. The van der Waals surface area contributed by atoms with E-state index in [0.717, 1.165) is 0 Å². The minimum absolute atomic E-state index is 0.177. The number of fused-ring (bicyclic) bond motifs is 2. The lowest BCUT2D eigenvalue weighted by Gasteiger charge is -2.34. The van der Waals surface area contributed by atoms with Crippen LogP contribution in [0.25, 0.3) is 0 Å². The maximum atomic E-state index is 11.4. The third-order valence-corrected chi connectivity index (χ3v) is 5.49. The van der Waals surface area contributed by atoms with Gasteiger partial charge in [-0.15, -0.1) is 11.8 Å². The van der Waals surface area contributed by atoms with E-state index in [4.69, 9.17) is 0 Å². The van der Waals surface area contributed by atoms with Gasteiger partial charge in [-0.3, -0.25) is 34.1 Å². The van der Waals surface area contributed by atoms with Gasteiger partial charge in [-0.2, -0.15) is 0 Å². The number of nitrogens with zero attached hydrogens (tertiary/aromatic N) is 4. The van der Waals surface area contributed by atoms with Gasteiger partial charge in [-0.05, 0) is 18.4 Å². The SMILES string of the molecule is CSC1CN(CC(=O)O)CCN(CC(=O)O)Cc2cccc(n2)CN1CC(=O)O. The Morgan fingerprint density at radius 2 is 1.52 bits per heavy atom. The van der Waals surface area contributed by atoms with Crippen LogP contribution in [-0.2, 0) is 27.5 Å².